The van der Waals surface area contributed by atoms with Crippen molar-refractivity contribution in [2.24, 2.45) is 0 Å². The predicted octanol–water partition coefficient (Wildman–Crippen LogP) is 2.52. The van der Waals surface area contributed by atoms with E-state index >= 15 is 0 Å². The fourth-order valence-electron chi connectivity index (χ4n) is 1.26. The zero-order valence-corrected chi connectivity index (χ0v) is 9.71. The van der Waals surface area contributed by atoms with E-state index in [2.05, 4.69) is 32.2 Å². The summed E-state index contributed by atoms with van der Waals surface area (Å²) in [5, 5.41) is 3.20. The Labute approximate surface area is 93.3 Å². The summed E-state index contributed by atoms with van der Waals surface area (Å²) in [4.78, 5) is 4.32. The van der Waals surface area contributed by atoms with E-state index in [0.29, 0.717) is 0 Å². The van der Waals surface area contributed by atoms with Crippen LogP contribution >= 0.6 is 15.9 Å². The SMILES string of the molecule is C#CCCC(NC)c1ccc(Br)cn1. The Morgan fingerprint density at radius 2 is 2.43 bits per heavy atom. The summed E-state index contributed by atoms with van der Waals surface area (Å²) in [6, 6.07) is 4.24. The van der Waals surface area contributed by atoms with Gasteiger partial charge in [0.1, 0.15) is 0 Å². The zero-order chi connectivity index (χ0) is 10.4. The zero-order valence-electron chi connectivity index (χ0n) is 8.13. The van der Waals surface area contributed by atoms with E-state index in [1.54, 1.807) is 6.20 Å². The lowest BCUT2D eigenvalue weighted by atomic mass is 10.1. The van der Waals surface area contributed by atoms with E-state index in [1.165, 1.54) is 0 Å². The van der Waals surface area contributed by atoms with Gasteiger partial charge < -0.3 is 5.32 Å². The Hall–Kier alpha value is -0.850. The Kier molecular flexibility index (Phi) is 4.64. The highest BCUT2D eigenvalue weighted by Crippen LogP contribution is 2.17. The molecule has 2 nitrogen and oxygen atoms in total. The molecule has 0 aliphatic rings. The van der Waals surface area contributed by atoms with Crippen molar-refractivity contribution in [3.8, 4) is 12.3 Å². The molecule has 1 aromatic heterocycles. The van der Waals surface area contributed by atoms with Gasteiger partial charge in [-0.1, -0.05) is 0 Å². The summed E-state index contributed by atoms with van der Waals surface area (Å²) in [5.41, 5.74) is 1.03. The molecule has 0 aliphatic carbocycles. The lowest BCUT2D eigenvalue weighted by Gasteiger charge is -2.13. The van der Waals surface area contributed by atoms with Crippen LogP contribution in [0.5, 0.6) is 0 Å². The molecule has 1 atom stereocenters. The molecule has 0 fully saturated rings. The van der Waals surface area contributed by atoms with Crippen LogP contribution in [0.4, 0.5) is 0 Å². The highest BCUT2D eigenvalue weighted by Gasteiger charge is 2.08. The maximum absolute atomic E-state index is 5.23. The van der Waals surface area contributed by atoms with Crippen LogP contribution in [0.25, 0.3) is 0 Å². The van der Waals surface area contributed by atoms with Crippen LogP contribution in [0.15, 0.2) is 22.8 Å². The lowest BCUT2D eigenvalue weighted by molar-refractivity contribution is 0.544. The monoisotopic (exact) mass is 252 g/mol. The third kappa shape index (κ3) is 3.13. The van der Waals surface area contributed by atoms with E-state index < -0.39 is 0 Å². The highest BCUT2D eigenvalue weighted by molar-refractivity contribution is 9.10. The molecule has 0 radical (unpaired) electrons. The third-order valence-corrected chi connectivity index (χ3v) is 2.50. The van der Waals surface area contributed by atoms with Crippen LogP contribution in [0.1, 0.15) is 24.6 Å². The molecular formula is C11H13BrN2. The molecule has 0 amide bonds. The molecule has 14 heavy (non-hydrogen) atoms. The first-order chi connectivity index (χ1) is 6.77. The van der Waals surface area contributed by atoms with Crippen LogP contribution in [0.2, 0.25) is 0 Å². The minimum atomic E-state index is 0.249. The van der Waals surface area contributed by atoms with Gasteiger partial charge >= 0.3 is 0 Å². The first-order valence-corrected chi connectivity index (χ1v) is 5.29. The molecule has 0 saturated carbocycles. The molecule has 0 spiro atoms. The summed E-state index contributed by atoms with van der Waals surface area (Å²) in [6.07, 6.45) is 8.71. The molecule has 0 aliphatic heterocycles. The van der Waals surface area contributed by atoms with E-state index in [0.717, 1.165) is 23.0 Å². The van der Waals surface area contributed by atoms with Gasteiger partial charge in [0.25, 0.3) is 0 Å². The van der Waals surface area contributed by atoms with Gasteiger partial charge in [0.05, 0.1) is 11.7 Å². The fourth-order valence-corrected chi connectivity index (χ4v) is 1.50. The summed E-state index contributed by atoms with van der Waals surface area (Å²) >= 11 is 3.35. The van der Waals surface area contributed by atoms with E-state index in [4.69, 9.17) is 6.42 Å². The molecule has 1 unspecified atom stereocenters. The minimum absolute atomic E-state index is 0.249. The molecular weight excluding hydrogens is 240 g/mol. The van der Waals surface area contributed by atoms with Crippen molar-refractivity contribution in [1.29, 1.82) is 0 Å². The summed E-state index contributed by atoms with van der Waals surface area (Å²) in [6.45, 7) is 0. The number of rotatable bonds is 4. The molecule has 1 N–H and O–H groups in total. The van der Waals surface area contributed by atoms with Gasteiger partial charge in [-0.2, -0.15) is 0 Å². The summed E-state index contributed by atoms with van der Waals surface area (Å²) in [5.74, 6) is 2.64. The quantitative estimate of drug-likeness (QED) is 0.834. The van der Waals surface area contributed by atoms with E-state index in [1.807, 2.05) is 19.2 Å². The largest absolute Gasteiger partial charge is 0.312 e. The minimum Gasteiger partial charge on any atom is -0.312 e. The average molecular weight is 253 g/mol. The second kappa shape index (κ2) is 5.79. The van der Waals surface area contributed by atoms with Crippen LogP contribution in [0, 0.1) is 12.3 Å². The average Bonchev–Trinajstić information content (AvgIpc) is 2.21. The number of aromatic nitrogens is 1. The number of halogens is 1. The van der Waals surface area contributed by atoms with Crippen molar-refractivity contribution in [1.82, 2.24) is 10.3 Å². The number of terminal acetylenes is 1. The van der Waals surface area contributed by atoms with Gasteiger partial charge in [-0.05, 0) is 41.5 Å². The number of nitrogens with one attached hydrogen (secondary N) is 1. The summed E-state index contributed by atoms with van der Waals surface area (Å²) in [7, 11) is 1.92. The molecule has 74 valence electrons. The van der Waals surface area contributed by atoms with Crippen molar-refractivity contribution < 1.29 is 0 Å². The second-order valence-corrected chi connectivity index (χ2v) is 3.90. The van der Waals surface area contributed by atoms with Gasteiger partial charge in [0.15, 0.2) is 0 Å². The summed E-state index contributed by atoms with van der Waals surface area (Å²) < 4.78 is 0.994. The van der Waals surface area contributed by atoms with E-state index in [9.17, 15) is 0 Å². The normalized spacial score (nSPS) is 12.1. The van der Waals surface area contributed by atoms with Gasteiger partial charge in [0.2, 0.25) is 0 Å². The maximum Gasteiger partial charge on any atom is 0.0574 e. The first-order valence-electron chi connectivity index (χ1n) is 4.50. The maximum atomic E-state index is 5.23. The molecule has 0 bridgehead atoms. The molecule has 0 saturated heterocycles. The standard InChI is InChI=1S/C11H13BrN2/c1-3-4-5-10(13-2)11-7-6-9(12)8-14-11/h1,6-8,10,13H,4-5H2,2H3. The van der Waals surface area contributed by atoms with Crippen molar-refractivity contribution >= 4 is 15.9 Å². The molecule has 1 heterocycles. The highest BCUT2D eigenvalue weighted by atomic mass is 79.9. The van der Waals surface area contributed by atoms with Crippen molar-refractivity contribution in [3.63, 3.8) is 0 Å². The number of hydrogen-bond acceptors (Lipinski definition) is 2. The van der Waals surface area contributed by atoms with Crippen LogP contribution in [-0.2, 0) is 0 Å². The van der Waals surface area contributed by atoms with Crippen molar-refractivity contribution in [2.75, 3.05) is 7.05 Å². The third-order valence-electron chi connectivity index (χ3n) is 2.03. The van der Waals surface area contributed by atoms with Crippen molar-refractivity contribution in [2.45, 2.75) is 18.9 Å². The number of nitrogens with zero attached hydrogens (tertiary/aromatic N) is 1. The van der Waals surface area contributed by atoms with E-state index in [-0.39, 0.29) is 6.04 Å². The Balaban J connectivity index is 2.69. The molecule has 3 heteroatoms. The Morgan fingerprint density at radius 1 is 1.64 bits per heavy atom. The number of pyridine rings is 1. The van der Waals surface area contributed by atoms with Crippen LogP contribution < -0.4 is 5.32 Å². The van der Waals surface area contributed by atoms with Crippen LogP contribution in [0.3, 0.4) is 0 Å². The van der Waals surface area contributed by atoms with Gasteiger partial charge in [-0.25, -0.2) is 0 Å². The van der Waals surface area contributed by atoms with Crippen LogP contribution in [-0.4, -0.2) is 12.0 Å². The van der Waals surface area contributed by atoms with Gasteiger partial charge in [0, 0.05) is 17.1 Å². The topological polar surface area (TPSA) is 24.9 Å². The second-order valence-electron chi connectivity index (χ2n) is 2.99. The fraction of sp³-hybridized carbons (Fsp3) is 0.364. The van der Waals surface area contributed by atoms with Gasteiger partial charge in [-0.3, -0.25) is 4.98 Å². The lowest BCUT2D eigenvalue weighted by Crippen LogP contribution is -2.17. The molecule has 1 aromatic rings. The van der Waals surface area contributed by atoms with Crippen molar-refractivity contribution in [3.05, 3.63) is 28.5 Å². The number of hydrogen-bond donors (Lipinski definition) is 1. The Bertz CT molecular complexity index is 313. The Morgan fingerprint density at radius 3 is 2.93 bits per heavy atom. The first kappa shape index (κ1) is 11.2. The molecule has 1 rings (SSSR count). The van der Waals surface area contributed by atoms with Gasteiger partial charge in [-0.15, -0.1) is 12.3 Å². The predicted molar refractivity (Wildman–Crippen MR) is 61.8 cm³/mol. The molecule has 0 aromatic carbocycles. The smallest absolute Gasteiger partial charge is 0.0574 e.